The molecule has 1 aliphatic heterocycles. The standard InChI is InChI=1S/C38H41N3O8/c1-23-8-11-28-27(16-23)22-39-38(40-28)25-10-13-31(33(18-25)43-3)47-14-7-15-48-34-17-24(9-12-30(34)42-2)29-21-32(49-41-29)26-19-35(44-4)37(46-6)36(20-26)45-5/h8-13,16-21,38-40H,7,14-15,22H2,1-6H3. The van der Waals surface area contributed by atoms with Gasteiger partial charge in [0.05, 0.1) is 48.8 Å². The van der Waals surface area contributed by atoms with Crippen LogP contribution in [0.4, 0.5) is 5.69 Å². The second-order valence-electron chi connectivity index (χ2n) is 11.4. The van der Waals surface area contributed by atoms with Gasteiger partial charge in [-0.05, 0) is 66.6 Å². The van der Waals surface area contributed by atoms with Crippen LogP contribution in [0.25, 0.3) is 22.6 Å². The highest BCUT2D eigenvalue weighted by Crippen LogP contribution is 2.42. The Hall–Kier alpha value is -5.55. The Morgan fingerprint density at radius 3 is 2.08 bits per heavy atom. The predicted molar refractivity (Wildman–Crippen MR) is 187 cm³/mol. The Morgan fingerprint density at radius 1 is 0.673 bits per heavy atom. The summed E-state index contributed by atoms with van der Waals surface area (Å²) >= 11 is 0. The van der Waals surface area contributed by atoms with Crippen molar-refractivity contribution < 1.29 is 37.7 Å². The van der Waals surface area contributed by atoms with Crippen molar-refractivity contribution in [3.63, 3.8) is 0 Å². The van der Waals surface area contributed by atoms with Gasteiger partial charge in [-0.25, -0.2) is 0 Å². The van der Waals surface area contributed by atoms with E-state index in [9.17, 15) is 0 Å². The number of hydrogen-bond acceptors (Lipinski definition) is 11. The van der Waals surface area contributed by atoms with Gasteiger partial charge in [-0.3, -0.25) is 5.32 Å². The number of nitrogens with zero attached hydrogens (tertiary/aromatic N) is 1. The van der Waals surface area contributed by atoms with Crippen molar-refractivity contribution >= 4 is 5.69 Å². The highest BCUT2D eigenvalue weighted by atomic mass is 16.5. The van der Waals surface area contributed by atoms with Gasteiger partial charge >= 0.3 is 0 Å². The second-order valence-corrected chi connectivity index (χ2v) is 11.4. The molecule has 0 amide bonds. The van der Waals surface area contributed by atoms with Crippen LogP contribution in [0, 0.1) is 6.92 Å². The maximum absolute atomic E-state index is 6.14. The van der Waals surface area contributed by atoms with Crippen molar-refractivity contribution in [3.8, 4) is 62.8 Å². The lowest BCUT2D eigenvalue weighted by atomic mass is 10.0. The Balaban J connectivity index is 1.07. The van der Waals surface area contributed by atoms with E-state index in [4.69, 9.17) is 37.7 Å². The van der Waals surface area contributed by atoms with Crippen LogP contribution >= 0.6 is 0 Å². The molecular formula is C38H41N3O8. The summed E-state index contributed by atoms with van der Waals surface area (Å²) in [5, 5.41) is 11.4. The fourth-order valence-corrected chi connectivity index (χ4v) is 5.75. The highest BCUT2D eigenvalue weighted by molar-refractivity contribution is 5.72. The van der Waals surface area contributed by atoms with Crippen LogP contribution in [0.15, 0.2) is 77.3 Å². The molecule has 0 radical (unpaired) electrons. The molecule has 0 bridgehead atoms. The topological polar surface area (TPSA) is 115 Å². The van der Waals surface area contributed by atoms with Crippen LogP contribution in [-0.2, 0) is 6.54 Å². The molecule has 1 unspecified atom stereocenters. The van der Waals surface area contributed by atoms with Gasteiger partial charge in [0, 0.05) is 35.8 Å². The number of aryl methyl sites for hydroxylation is 1. The molecule has 4 aromatic carbocycles. The summed E-state index contributed by atoms with van der Waals surface area (Å²) < 4.78 is 45.6. The first kappa shape index (κ1) is 33.4. The Kier molecular flexibility index (Phi) is 10.3. The van der Waals surface area contributed by atoms with E-state index in [0.29, 0.717) is 71.3 Å². The maximum Gasteiger partial charge on any atom is 0.203 e. The molecule has 1 aliphatic rings. The van der Waals surface area contributed by atoms with Crippen molar-refractivity contribution in [1.29, 1.82) is 0 Å². The minimum absolute atomic E-state index is 0.0318. The molecule has 0 saturated heterocycles. The van der Waals surface area contributed by atoms with Gasteiger partial charge < -0.3 is 43.0 Å². The Bertz CT molecular complexity index is 1880. The van der Waals surface area contributed by atoms with E-state index in [0.717, 1.165) is 28.9 Å². The summed E-state index contributed by atoms with van der Waals surface area (Å²) in [6.07, 6.45) is 0.603. The molecule has 0 saturated carbocycles. The smallest absolute Gasteiger partial charge is 0.203 e. The fraction of sp³-hybridized carbons (Fsp3) is 0.289. The first-order valence-corrected chi connectivity index (χ1v) is 15.9. The van der Waals surface area contributed by atoms with Crippen LogP contribution in [0.2, 0.25) is 0 Å². The third-order valence-corrected chi connectivity index (χ3v) is 8.30. The lowest BCUT2D eigenvalue weighted by Crippen LogP contribution is -2.32. The zero-order valence-electron chi connectivity index (χ0n) is 28.5. The summed E-state index contributed by atoms with van der Waals surface area (Å²) in [5.74, 6) is 4.62. The molecule has 11 nitrogen and oxygen atoms in total. The molecule has 11 heteroatoms. The minimum Gasteiger partial charge on any atom is -0.493 e. The van der Waals surface area contributed by atoms with Crippen molar-refractivity contribution in [3.05, 3.63) is 89.5 Å². The minimum atomic E-state index is -0.0318. The molecule has 1 aromatic heterocycles. The molecular weight excluding hydrogens is 626 g/mol. The molecule has 49 heavy (non-hydrogen) atoms. The predicted octanol–water partition coefficient (Wildman–Crippen LogP) is 7.42. The number of anilines is 1. The van der Waals surface area contributed by atoms with Gasteiger partial charge in [0.2, 0.25) is 5.75 Å². The van der Waals surface area contributed by atoms with Gasteiger partial charge in [-0.15, -0.1) is 0 Å². The number of aromatic nitrogens is 1. The van der Waals surface area contributed by atoms with Gasteiger partial charge in [0.15, 0.2) is 40.3 Å². The Morgan fingerprint density at radius 2 is 1.37 bits per heavy atom. The number of nitrogens with one attached hydrogen (secondary N) is 2. The lowest BCUT2D eigenvalue weighted by Gasteiger charge is -2.29. The molecule has 0 spiro atoms. The van der Waals surface area contributed by atoms with E-state index in [-0.39, 0.29) is 6.17 Å². The first-order chi connectivity index (χ1) is 23.9. The molecule has 0 aliphatic carbocycles. The average molecular weight is 668 g/mol. The van der Waals surface area contributed by atoms with Crippen molar-refractivity contribution in [2.75, 3.05) is 54.1 Å². The fourth-order valence-electron chi connectivity index (χ4n) is 5.75. The van der Waals surface area contributed by atoms with Gasteiger partial charge in [-0.1, -0.05) is 28.9 Å². The summed E-state index contributed by atoms with van der Waals surface area (Å²) in [6, 6.07) is 23.5. The number of ether oxygens (including phenoxy) is 7. The summed E-state index contributed by atoms with van der Waals surface area (Å²) in [5.41, 5.74) is 6.87. The van der Waals surface area contributed by atoms with Crippen LogP contribution in [0.3, 0.4) is 0 Å². The number of benzene rings is 4. The van der Waals surface area contributed by atoms with Crippen LogP contribution < -0.4 is 43.8 Å². The number of rotatable bonds is 14. The molecule has 6 rings (SSSR count). The highest BCUT2D eigenvalue weighted by Gasteiger charge is 2.21. The summed E-state index contributed by atoms with van der Waals surface area (Å²) in [7, 11) is 7.96. The van der Waals surface area contributed by atoms with E-state index < -0.39 is 0 Å². The summed E-state index contributed by atoms with van der Waals surface area (Å²) in [4.78, 5) is 0. The molecule has 5 aromatic rings. The molecule has 2 heterocycles. The number of fused-ring (bicyclic) bond motifs is 1. The number of methoxy groups -OCH3 is 5. The van der Waals surface area contributed by atoms with E-state index >= 15 is 0 Å². The number of hydrogen-bond donors (Lipinski definition) is 2. The van der Waals surface area contributed by atoms with E-state index in [1.807, 2.05) is 54.6 Å². The van der Waals surface area contributed by atoms with E-state index in [2.05, 4.69) is 40.9 Å². The van der Waals surface area contributed by atoms with Crippen molar-refractivity contribution in [2.24, 2.45) is 0 Å². The normalized spacial score (nSPS) is 13.6. The van der Waals surface area contributed by atoms with Gasteiger partial charge in [0.1, 0.15) is 11.9 Å². The second kappa shape index (κ2) is 15.1. The van der Waals surface area contributed by atoms with E-state index in [1.165, 1.54) is 11.1 Å². The molecule has 2 N–H and O–H groups in total. The summed E-state index contributed by atoms with van der Waals surface area (Å²) in [6.45, 7) is 3.74. The van der Waals surface area contributed by atoms with Gasteiger partial charge in [-0.2, -0.15) is 0 Å². The molecule has 0 fully saturated rings. The van der Waals surface area contributed by atoms with Crippen LogP contribution in [-0.4, -0.2) is 53.9 Å². The lowest BCUT2D eigenvalue weighted by molar-refractivity contribution is 0.234. The largest absolute Gasteiger partial charge is 0.493 e. The quantitative estimate of drug-likeness (QED) is 0.115. The zero-order chi connectivity index (χ0) is 34.3. The van der Waals surface area contributed by atoms with E-state index in [1.54, 1.807) is 35.5 Å². The first-order valence-electron chi connectivity index (χ1n) is 15.9. The zero-order valence-corrected chi connectivity index (χ0v) is 28.5. The SMILES string of the molecule is COc1cc(C2NCc3cc(C)ccc3N2)ccc1OCCCOc1cc(-c2cc(-c3cc(OC)c(OC)c(OC)c3)on2)ccc1OC. The molecule has 256 valence electrons. The van der Waals surface area contributed by atoms with Crippen molar-refractivity contribution in [2.45, 2.75) is 26.1 Å². The maximum atomic E-state index is 6.14. The van der Waals surface area contributed by atoms with Crippen LogP contribution in [0.5, 0.6) is 40.2 Å². The average Bonchev–Trinajstić information content (AvgIpc) is 3.64. The third-order valence-electron chi connectivity index (χ3n) is 8.30. The third kappa shape index (κ3) is 7.31. The van der Waals surface area contributed by atoms with Gasteiger partial charge in [0.25, 0.3) is 0 Å². The monoisotopic (exact) mass is 667 g/mol. The molecule has 1 atom stereocenters. The van der Waals surface area contributed by atoms with Crippen LogP contribution in [0.1, 0.15) is 29.3 Å². The Labute approximate surface area is 286 Å². The van der Waals surface area contributed by atoms with Crippen molar-refractivity contribution in [1.82, 2.24) is 10.5 Å².